The third kappa shape index (κ3) is 0.952. The van der Waals surface area contributed by atoms with E-state index in [-0.39, 0.29) is 0 Å². The second-order valence-corrected chi connectivity index (χ2v) is 3.02. The van der Waals surface area contributed by atoms with E-state index in [1.807, 2.05) is 4.90 Å². The molecule has 1 unspecified atom stereocenters. The van der Waals surface area contributed by atoms with E-state index >= 15 is 0 Å². The molecule has 2 rings (SSSR count). The van der Waals surface area contributed by atoms with Crippen LogP contribution in [0.2, 0.25) is 0 Å². The van der Waals surface area contributed by atoms with Gasteiger partial charge in [-0.3, -0.25) is 0 Å². The Hall–Kier alpha value is -1.16. The fourth-order valence-electron chi connectivity index (χ4n) is 1.80. The molecular weight excluding hydrogens is 134 g/mol. The highest BCUT2D eigenvalue weighted by Gasteiger charge is 2.26. The lowest BCUT2D eigenvalue weighted by Gasteiger charge is -2.16. The van der Waals surface area contributed by atoms with Gasteiger partial charge in [0.1, 0.15) is 0 Å². The van der Waals surface area contributed by atoms with E-state index in [1.54, 1.807) is 0 Å². The summed E-state index contributed by atoms with van der Waals surface area (Å²) in [6.45, 7) is 1.04. The second-order valence-electron chi connectivity index (χ2n) is 3.02. The Bertz CT molecular complexity index is 255. The number of rotatable bonds is 0. The van der Waals surface area contributed by atoms with Gasteiger partial charge in [0.2, 0.25) is 0 Å². The van der Waals surface area contributed by atoms with Crippen molar-refractivity contribution in [2.45, 2.75) is 12.8 Å². The number of hydrogen-bond acceptors (Lipinski definition) is 1. The molecule has 0 saturated carbocycles. The zero-order chi connectivity index (χ0) is 7.68. The van der Waals surface area contributed by atoms with Gasteiger partial charge in [0, 0.05) is 24.2 Å². The van der Waals surface area contributed by atoms with Gasteiger partial charge in [0.25, 0.3) is 0 Å². The SMILES string of the molecule is C#CN1CCC2CC=CC=C21. The predicted molar refractivity (Wildman–Crippen MR) is 45.5 cm³/mol. The third-order valence-electron chi connectivity index (χ3n) is 2.41. The van der Waals surface area contributed by atoms with Gasteiger partial charge in [0.15, 0.2) is 0 Å². The number of nitrogens with zero attached hydrogens (tertiary/aromatic N) is 1. The Morgan fingerprint density at radius 2 is 2.55 bits per heavy atom. The van der Waals surface area contributed by atoms with Gasteiger partial charge >= 0.3 is 0 Å². The maximum absolute atomic E-state index is 5.35. The molecule has 0 amide bonds. The van der Waals surface area contributed by atoms with Crippen molar-refractivity contribution in [1.82, 2.24) is 4.90 Å². The van der Waals surface area contributed by atoms with Crippen molar-refractivity contribution < 1.29 is 0 Å². The Labute approximate surface area is 67.4 Å². The molecule has 1 aliphatic carbocycles. The van der Waals surface area contributed by atoms with Gasteiger partial charge in [-0.15, -0.1) is 0 Å². The van der Waals surface area contributed by atoms with Crippen molar-refractivity contribution in [1.29, 1.82) is 0 Å². The number of allylic oxidation sites excluding steroid dienone is 4. The number of terminal acetylenes is 1. The van der Waals surface area contributed by atoms with Crippen molar-refractivity contribution in [3.8, 4) is 12.5 Å². The van der Waals surface area contributed by atoms with Gasteiger partial charge in [-0.2, -0.15) is 0 Å². The van der Waals surface area contributed by atoms with Crippen LogP contribution in [0.5, 0.6) is 0 Å². The van der Waals surface area contributed by atoms with Crippen LogP contribution < -0.4 is 0 Å². The number of likely N-dealkylation sites (tertiary alicyclic amines) is 1. The topological polar surface area (TPSA) is 3.24 Å². The Balaban J connectivity index is 2.27. The predicted octanol–water partition coefficient (Wildman–Crippen LogP) is 1.74. The van der Waals surface area contributed by atoms with E-state index in [1.165, 1.54) is 18.5 Å². The summed E-state index contributed by atoms with van der Waals surface area (Å²) < 4.78 is 0. The van der Waals surface area contributed by atoms with E-state index in [9.17, 15) is 0 Å². The van der Waals surface area contributed by atoms with E-state index in [4.69, 9.17) is 6.42 Å². The van der Waals surface area contributed by atoms with E-state index in [0.717, 1.165) is 6.54 Å². The summed E-state index contributed by atoms with van der Waals surface area (Å²) in [5.74, 6) is 0.705. The molecule has 1 heteroatoms. The van der Waals surface area contributed by atoms with Crippen LogP contribution in [0.3, 0.4) is 0 Å². The molecule has 0 aromatic carbocycles. The number of hydrogen-bond donors (Lipinski definition) is 0. The van der Waals surface area contributed by atoms with Gasteiger partial charge in [-0.25, -0.2) is 0 Å². The number of fused-ring (bicyclic) bond motifs is 1. The summed E-state index contributed by atoms with van der Waals surface area (Å²) in [6.07, 6.45) is 14.2. The molecule has 2 aliphatic rings. The molecule has 56 valence electrons. The first kappa shape index (κ1) is 6.54. The minimum Gasteiger partial charge on any atom is -0.305 e. The van der Waals surface area contributed by atoms with Crippen LogP contribution in [-0.4, -0.2) is 11.4 Å². The molecule has 1 fully saturated rings. The third-order valence-corrected chi connectivity index (χ3v) is 2.41. The molecule has 1 saturated heterocycles. The van der Waals surface area contributed by atoms with Gasteiger partial charge in [-0.05, 0) is 18.9 Å². The van der Waals surface area contributed by atoms with Crippen LogP contribution in [-0.2, 0) is 0 Å². The summed E-state index contributed by atoms with van der Waals surface area (Å²) >= 11 is 0. The fraction of sp³-hybridized carbons (Fsp3) is 0.400. The fourth-order valence-corrected chi connectivity index (χ4v) is 1.80. The van der Waals surface area contributed by atoms with Gasteiger partial charge in [0.05, 0.1) is 0 Å². The standard InChI is InChI=1S/C10H11N/c1-2-11-8-7-9-5-3-4-6-10(9)11/h1,3-4,6,9H,5,7-8H2. The van der Waals surface area contributed by atoms with E-state index < -0.39 is 0 Å². The minimum atomic E-state index is 0.705. The minimum absolute atomic E-state index is 0.705. The second kappa shape index (κ2) is 2.47. The largest absolute Gasteiger partial charge is 0.305 e. The zero-order valence-corrected chi connectivity index (χ0v) is 6.46. The Kier molecular flexibility index (Phi) is 1.47. The first-order chi connectivity index (χ1) is 5.42. The smallest absolute Gasteiger partial charge is 0.0318 e. The van der Waals surface area contributed by atoms with Crippen LogP contribution in [0.15, 0.2) is 23.9 Å². The van der Waals surface area contributed by atoms with E-state index in [2.05, 4.69) is 24.3 Å². The summed E-state index contributed by atoms with van der Waals surface area (Å²) in [7, 11) is 0. The molecule has 0 aromatic rings. The molecule has 1 aliphatic heterocycles. The first-order valence-corrected chi connectivity index (χ1v) is 4.02. The molecule has 1 nitrogen and oxygen atoms in total. The molecule has 0 spiro atoms. The van der Waals surface area contributed by atoms with Crippen LogP contribution in [0.25, 0.3) is 0 Å². The highest BCUT2D eigenvalue weighted by molar-refractivity contribution is 5.25. The van der Waals surface area contributed by atoms with E-state index in [0.29, 0.717) is 5.92 Å². The highest BCUT2D eigenvalue weighted by atomic mass is 15.1. The van der Waals surface area contributed by atoms with Crippen molar-refractivity contribution in [3.63, 3.8) is 0 Å². The van der Waals surface area contributed by atoms with Crippen LogP contribution in [0.4, 0.5) is 0 Å². The first-order valence-electron chi connectivity index (χ1n) is 4.02. The molecule has 1 heterocycles. The maximum atomic E-state index is 5.35. The summed E-state index contributed by atoms with van der Waals surface area (Å²) in [4.78, 5) is 2.02. The molecular formula is C10H11N. The quantitative estimate of drug-likeness (QED) is 0.469. The van der Waals surface area contributed by atoms with Crippen molar-refractivity contribution in [2.24, 2.45) is 5.92 Å². The van der Waals surface area contributed by atoms with Crippen LogP contribution in [0.1, 0.15) is 12.8 Å². The monoisotopic (exact) mass is 145 g/mol. The Morgan fingerprint density at radius 3 is 3.36 bits per heavy atom. The van der Waals surface area contributed by atoms with Crippen molar-refractivity contribution in [2.75, 3.05) is 6.54 Å². The molecule has 11 heavy (non-hydrogen) atoms. The summed E-state index contributed by atoms with van der Waals surface area (Å²) in [6, 6.07) is 2.69. The molecule has 0 aromatic heterocycles. The Morgan fingerprint density at radius 1 is 1.64 bits per heavy atom. The molecule has 0 bridgehead atoms. The zero-order valence-electron chi connectivity index (χ0n) is 6.46. The van der Waals surface area contributed by atoms with Crippen molar-refractivity contribution >= 4 is 0 Å². The van der Waals surface area contributed by atoms with Crippen LogP contribution >= 0.6 is 0 Å². The normalized spacial score (nSPS) is 27.7. The molecule has 0 N–H and O–H groups in total. The average Bonchev–Trinajstić information content (AvgIpc) is 2.47. The average molecular weight is 145 g/mol. The maximum Gasteiger partial charge on any atom is 0.0318 e. The lowest BCUT2D eigenvalue weighted by molar-refractivity contribution is 0.556. The van der Waals surface area contributed by atoms with Crippen molar-refractivity contribution in [3.05, 3.63) is 23.9 Å². The lowest BCUT2D eigenvalue weighted by Crippen LogP contribution is -2.12. The molecule has 1 atom stereocenters. The van der Waals surface area contributed by atoms with Crippen LogP contribution in [0, 0.1) is 18.4 Å². The highest BCUT2D eigenvalue weighted by Crippen LogP contribution is 2.32. The van der Waals surface area contributed by atoms with Gasteiger partial charge in [-0.1, -0.05) is 18.6 Å². The van der Waals surface area contributed by atoms with Gasteiger partial charge < -0.3 is 4.90 Å². The summed E-state index contributed by atoms with van der Waals surface area (Å²) in [5, 5.41) is 0. The summed E-state index contributed by atoms with van der Waals surface area (Å²) in [5.41, 5.74) is 1.34. The molecule has 0 radical (unpaired) electrons. The lowest BCUT2D eigenvalue weighted by atomic mass is 9.97.